The fourth-order valence-electron chi connectivity index (χ4n) is 4.68. The molecule has 1 aliphatic carbocycles. The van der Waals surface area contributed by atoms with Crippen LogP contribution in [0, 0.1) is 12.7 Å². The predicted molar refractivity (Wildman–Crippen MR) is 98.1 cm³/mol. The first-order valence-corrected chi connectivity index (χ1v) is 9.38. The Bertz CT molecular complexity index is 1040. The summed E-state index contributed by atoms with van der Waals surface area (Å²) < 4.78 is 17.1. The van der Waals surface area contributed by atoms with Crippen molar-refractivity contribution in [3.63, 3.8) is 0 Å². The van der Waals surface area contributed by atoms with Gasteiger partial charge in [-0.05, 0) is 33.1 Å². The first kappa shape index (κ1) is 16.7. The molecule has 142 valence electrons. The number of pyridine rings is 2. The molecule has 3 atom stereocenters. The molecule has 27 heavy (non-hydrogen) atoms. The van der Waals surface area contributed by atoms with Gasteiger partial charge in [-0.3, -0.25) is 4.79 Å². The molecule has 2 N–H and O–H groups in total. The van der Waals surface area contributed by atoms with E-state index in [1.54, 1.807) is 11.5 Å². The Morgan fingerprint density at radius 1 is 1.37 bits per heavy atom. The van der Waals surface area contributed by atoms with Crippen molar-refractivity contribution < 1.29 is 14.3 Å². The van der Waals surface area contributed by atoms with Crippen LogP contribution in [0.3, 0.4) is 0 Å². The van der Waals surface area contributed by atoms with Gasteiger partial charge in [-0.2, -0.15) is 0 Å². The third-order valence-electron chi connectivity index (χ3n) is 6.29. The van der Waals surface area contributed by atoms with Crippen LogP contribution in [-0.2, 0) is 0 Å². The van der Waals surface area contributed by atoms with E-state index in [2.05, 4.69) is 17.2 Å². The van der Waals surface area contributed by atoms with E-state index in [9.17, 15) is 14.7 Å². The highest BCUT2D eigenvalue weighted by molar-refractivity contribution is 5.93. The fraction of sp³-hybridized carbons (Fsp3) is 0.526. The second kappa shape index (κ2) is 5.51. The highest BCUT2D eigenvalue weighted by Crippen LogP contribution is 2.40. The molecule has 2 aromatic rings. The number of carboxylic acid groups (broad SMARTS) is 1. The summed E-state index contributed by atoms with van der Waals surface area (Å²) in [6.07, 6.45) is 4.13. The topological polar surface area (TPSA) is 87.5 Å². The van der Waals surface area contributed by atoms with Gasteiger partial charge in [0, 0.05) is 42.5 Å². The van der Waals surface area contributed by atoms with Crippen molar-refractivity contribution in [2.75, 3.05) is 11.4 Å². The first-order chi connectivity index (χ1) is 12.9. The molecule has 2 aliphatic heterocycles. The molecule has 3 fully saturated rings. The zero-order valence-corrected chi connectivity index (χ0v) is 15.2. The van der Waals surface area contributed by atoms with Crippen molar-refractivity contribution in [1.29, 1.82) is 0 Å². The minimum atomic E-state index is -1.29. The number of anilines is 1. The van der Waals surface area contributed by atoms with Gasteiger partial charge in [0.05, 0.1) is 5.39 Å². The molecule has 7 nitrogen and oxygen atoms in total. The second-order valence-electron chi connectivity index (χ2n) is 7.94. The summed E-state index contributed by atoms with van der Waals surface area (Å²) in [6, 6.07) is 0.725. The highest BCUT2D eigenvalue weighted by atomic mass is 19.1. The lowest BCUT2D eigenvalue weighted by atomic mass is 10.1. The van der Waals surface area contributed by atoms with E-state index >= 15 is 4.39 Å². The van der Waals surface area contributed by atoms with E-state index in [-0.39, 0.29) is 40.5 Å². The zero-order valence-electron chi connectivity index (χ0n) is 15.2. The molecular weight excluding hydrogens is 351 g/mol. The van der Waals surface area contributed by atoms with E-state index in [1.807, 2.05) is 4.90 Å². The van der Waals surface area contributed by atoms with Crippen molar-refractivity contribution in [3.05, 3.63) is 33.4 Å². The molecule has 0 spiro atoms. The number of halogens is 1. The summed E-state index contributed by atoms with van der Waals surface area (Å²) in [7, 11) is 0. The third-order valence-corrected chi connectivity index (χ3v) is 6.29. The van der Waals surface area contributed by atoms with Crippen molar-refractivity contribution in [2.24, 2.45) is 0 Å². The van der Waals surface area contributed by atoms with Gasteiger partial charge in [-0.15, -0.1) is 0 Å². The molecule has 8 heteroatoms. The van der Waals surface area contributed by atoms with E-state index < -0.39 is 17.2 Å². The van der Waals surface area contributed by atoms with E-state index in [0.717, 1.165) is 25.8 Å². The SMILES string of the molecule is Cc1c(F)c(N2[C@H]3CN[C@H](C3)[C@@H]2C)nc2c1c(=O)c(C(=O)O)cn2C1CC1. The summed E-state index contributed by atoms with van der Waals surface area (Å²) in [4.78, 5) is 30.9. The molecule has 0 amide bonds. The van der Waals surface area contributed by atoms with Crippen molar-refractivity contribution >= 4 is 22.8 Å². The molecule has 4 heterocycles. The molecule has 2 saturated heterocycles. The number of hydrogen-bond donors (Lipinski definition) is 2. The summed E-state index contributed by atoms with van der Waals surface area (Å²) in [5.41, 5.74) is -0.420. The van der Waals surface area contributed by atoms with Crippen molar-refractivity contribution in [1.82, 2.24) is 14.9 Å². The van der Waals surface area contributed by atoms with Crippen LogP contribution in [0.5, 0.6) is 0 Å². The van der Waals surface area contributed by atoms with E-state index in [0.29, 0.717) is 11.7 Å². The Labute approximate surface area is 154 Å². The Morgan fingerprint density at radius 3 is 2.70 bits per heavy atom. The maximum atomic E-state index is 15.3. The molecule has 3 aliphatic rings. The molecule has 0 aromatic carbocycles. The van der Waals surface area contributed by atoms with E-state index in [1.165, 1.54) is 6.20 Å². The molecule has 5 rings (SSSR count). The van der Waals surface area contributed by atoms with Gasteiger partial charge in [0.15, 0.2) is 11.6 Å². The molecule has 2 bridgehead atoms. The van der Waals surface area contributed by atoms with Crippen LogP contribution in [0.4, 0.5) is 10.2 Å². The van der Waals surface area contributed by atoms with Gasteiger partial charge in [0.25, 0.3) is 0 Å². The summed E-state index contributed by atoms with van der Waals surface area (Å²) >= 11 is 0. The number of carbonyl (C=O) groups is 1. The maximum absolute atomic E-state index is 15.3. The lowest BCUT2D eigenvalue weighted by Crippen LogP contribution is -2.50. The quantitative estimate of drug-likeness (QED) is 0.855. The predicted octanol–water partition coefficient (Wildman–Crippen LogP) is 1.82. The van der Waals surface area contributed by atoms with Crippen LogP contribution in [0.2, 0.25) is 0 Å². The summed E-state index contributed by atoms with van der Waals surface area (Å²) in [5, 5.41) is 12.9. The zero-order chi connectivity index (χ0) is 19.0. The lowest BCUT2D eigenvalue weighted by Gasteiger charge is -2.35. The van der Waals surface area contributed by atoms with Crippen LogP contribution >= 0.6 is 0 Å². The number of hydrogen-bond acceptors (Lipinski definition) is 5. The minimum absolute atomic E-state index is 0.0817. The monoisotopic (exact) mass is 372 g/mol. The lowest BCUT2D eigenvalue weighted by molar-refractivity contribution is 0.0695. The van der Waals surface area contributed by atoms with Crippen molar-refractivity contribution in [2.45, 2.75) is 57.3 Å². The number of nitrogens with zero attached hydrogens (tertiary/aromatic N) is 3. The van der Waals surface area contributed by atoms with Gasteiger partial charge in [-0.25, -0.2) is 14.2 Å². The number of nitrogens with one attached hydrogen (secondary N) is 1. The standard InChI is InChI=1S/C19H21FN4O3/c1-8-14-16(25)12(19(26)27)7-23(10-3-4-10)17(14)22-18(15(8)20)24-9(2)13-5-11(24)6-21-13/h7,9-11,13,21H,3-6H2,1-2H3,(H,26,27)/t9-,11+,13+/m0/s1. The Balaban J connectivity index is 1.80. The number of aromatic nitrogens is 2. The fourth-order valence-corrected chi connectivity index (χ4v) is 4.68. The van der Waals surface area contributed by atoms with Crippen LogP contribution < -0.4 is 15.6 Å². The van der Waals surface area contributed by atoms with Gasteiger partial charge in [0.1, 0.15) is 11.2 Å². The van der Waals surface area contributed by atoms with Crippen LogP contribution in [0.1, 0.15) is 48.1 Å². The number of aromatic carboxylic acids is 1. The van der Waals surface area contributed by atoms with E-state index in [4.69, 9.17) is 0 Å². The highest BCUT2D eigenvalue weighted by Gasteiger charge is 2.45. The Kier molecular flexibility index (Phi) is 3.40. The number of carboxylic acids is 1. The average molecular weight is 372 g/mol. The third kappa shape index (κ3) is 2.25. The second-order valence-corrected chi connectivity index (χ2v) is 7.94. The average Bonchev–Trinajstić information content (AvgIpc) is 3.28. The number of rotatable bonds is 3. The largest absolute Gasteiger partial charge is 0.477 e. The Morgan fingerprint density at radius 2 is 2.11 bits per heavy atom. The van der Waals surface area contributed by atoms with Gasteiger partial charge in [-0.1, -0.05) is 0 Å². The van der Waals surface area contributed by atoms with Gasteiger partial charge < -0.3 is 19.9 Å². The minimum Gasteiger partial charge on any atom is -0.477 e. The Hall–Kier alpha value is -2.48. The smallest absolute Gasteiger partial charge is 0.341 e. The number of piperazine rings is 1. The van der Waals surface area contributed by atoms with Crippen LogP contribution in [-0.4, -0.2) is 45.3 Å². The number of fused-ring (bicyclic) bond motifs is 3. The van der Waals surface area contributed by atoms with Crippen LogP contribution in [0.15, 0.2) is 11.0 Å². The maximum Gasteiger partial charge on any atom is 0.341 e. The van der Waals surface area contributed by atoms with Gasteiger partial charge in [0.2, 0.25) is 5.43 Å². The van der Waals surface area contributed by atoms with Gasteiger partial charge >= 0.3 is 5.97 Å². The van der Waals surface area contributed by atoms with Crippen LogP contribution in [0.25, 0.3) is 11.0 Å². The molecule has 0 radical (unpaired) electrons. The van der Waals surface area contributed by atoms with Crippen molar-refractivity contribution in [3.8, 4) is 0 Å². The summed E-state index contributed by atoms with van der Waals surface area (Å²) in [5.74, 6) is -1.54. The molecular formula is C19H21FN4O3. The molecule has 1 saturated carbocycles. The first-order valence-electron chi connectivity index (χ1n) is 9.38. The molecule has 0 unspecified atom stereocenters. The summed E-state index contributed by atoms with van der Waals surface area (Å²) in [6.45, 7) is 4.39. The normalized spacial score (nSPS) is 26.9. The molecule has 2 aromatic heterocycles. The number of aryl methyl sites for hydroxylation is 1.